The van der Waals surface area contributed by atoms with Gasteiger partial charge in [0.1, 0.15) is 24.0 Å². The lowest BCUT2D eigenvalue weighted by Gasteiger charge is -2.29. The number of halogens is 2. The first-order valence-electron chi connectivity index (χ1n) is 11.6. The minimum atomic E-state index is -0.437. The highest BCUT2D eigenvalue weighted by atomic mass is 19.1. The van der Waals surface area contributed by atoms with E-state index in [1.807, 2.05) is 32.1 Å². The summed E-state index contributed by atoms with van der Waals surface area (Å²) in [5, 5.41) is 2.71. The molecule has 9 nitrogen and oxygen atoms in total. The molecule has 37 heavy (non-hydrogen) atoms. The van der Waals surface area contributed by atoms with Gasteiger partial charge in [0.2, 0.25) is 11.8 Å². The number of anilines is 1. The molecule has 1 aromatic rings. The van der Waals surface area contributed by atoms with E-state index >= 15 is 0 Å². The van der Waals surface area contributed by atoms with E-state index < -0.39 is 6.04 Å². The fourth-order valence-electron chi connectivity index (χ4n) is 3.48. The third-order valence-corrected chi connectivity index (χ3v) is 5.55. The van der Waals surface area contributed by atoms with Gasteiger partial charge in [-0.15, -0.1) is 6.42 Å². The van der Waals surface area contributed by atoms with Gasteiger partial charge in [0.15, 0.2) is 0 Å². The van der Waals surface area contributed by atoms with E-state index in [2.05, 4.69) is 26.6 Å². The van der Waals surface area contributed by atoms with Crippen molar-refractivity contribution >= 4 is 29.0 Å². The van der Waals surface area contributed by atoms with Gasteiger partial charge in [-0.25, -0.2) is 15.2 Å². The molecule has 3 heterocycles. The molecule has 0 aromatic carbocycles. The summed E-state index contributed by atoms with van der Waals surface area (Å²) in [6.07, 6.45) is 14.6. The number of aromatic nitrogens is 1. The van der Waals surface area contributed by atoms with Crippen LogP contribution in [0.3, 0.4) is 0 Å². The van der Waals surface area contributed by atoms with Crippen LogP contribution < -0.4 is 22.3 Å². The van der Waals surface area contributed by atoms with Gasteiger partial charge < -0.3 is 21.4 Å². The van der Waals surface area contributed by atoms with E-state index in [4.69, 9.17) is 18.0 Å². The Morgan fingerprint density at radius 1 is 1.38 bits per heavy atom. The number of nitrogen functional groups attached to an aromatic ring is 1. The zero-order valence-corrected chi connectivity index (χ0v) is 21.4. The molecule has 1 saturated heterocycles. The van der Waals surface area contributed by atoms with E-state index in [1.165, 1.54) is 0 Å². The summed E-state index contributed by atoms with van der Waals surface area (Å²) in [5.41, 5.74) is 10.8. The second kappa shape index (κ2) is 16.6. The van der Waals surface area contributed by atoms with Gasteiger partial charge in [-0.2, -0.15) is 0 Å². The number of amides is 2. The van der Waals surface area contributed by atoms with Crippen molar-refractivity contribution in [3.63, 3.8) is 0 Å². The summed E-state index contributed by atoms with van der Waals surface area (Å²) in [7, 11) is 0.500. The molecule has 1 fully saturated rings. The molecule has 1 unspecified atom stereocenters. The van der Waals surface area contributed by atoms with Gasteiger partial charge in [0.05, 0.1) is 24.9 Å². The van der Waals surface area contributed by atoms with Crippen molar-refractivity contribution in [1.82, 2.24) is 20.6 Å². The number of nitrogens with one attached hydrogen (secondary N) is 2. The minimum Gasteiger partial charge on any atom is -0.383 e. The molecule has 0 saturated carbocycles. The molecule has 3 rings (SSSR count). The van der Waals surface area contributed by atoms with Crippen molar-refractivity contribution in [3.8, 4) is 12.3 Å². The lowest BCUT2D eigenvalue weighted by molar-refractivity contribution is -0.134. The van der Waals surface area contributed by atoms with E-state index in [0.717, 1.165) is 11.1 Å². The van der Waals surface area contributed by atoms with Crippen LogP contribution in [-0.4, -0.2) is 60.4 Å². The molecule has 2 aliphatic rings. The largest absolute Gasteiger partial charge is 0.383 e. The van der Waals surface area contributed by atoms with Gasteiger partial charge >= 0.3 is 0 Å². The number of nitrogens with zero attached hydrogens (tertiary/aromatic N) is 3. The first-order chi connectivity index (χ1) is 17.9. The number of rotatable bonds is 5. The van der Waals surface area contributed by atoms with E-state index in [0.29, 0.717) is 51.4 Å². The second-order valence-electron chi connectivity index (χ2n) is 7.83. The summed E-state index contributed by atoms with van der Waals surface area (Å²) in [6.45, 7) is 4.89. The number of nitrogens with two attached hydrogens (primary N) is 2. The van der Waals surface area contributed by atoms with E-state index in [1.54, 1.807) is 17.2 Å². The lowest BCUT2D eigenvalue weighted by atomic mass is 9.98. The number of alkyl halides is 1. The van der Waals surface area contributed by atoms with Gasteiger partial charge in [-0.1, -0.05) is 24.1 Å². The third-order valence-electron chi connectivity index (χ3n) is 5.55. The molecule has 2 aliphatic heterocycles. The number of carbonyl (C=O) groups excluding carboxylic acids is 2. The average Bonchev–Trinajstić information content (AvgIpc) is 3.39. The summed E-state index contributed by atoms with van der Waals surface area (Å²) in [4.78, 5) is 34.1. The van der Waals surface area contributed by atoms with Gasteiger partial charge in [-0.3, -0.25) is 19.0 Å². The Morgan fingerprint density at radius 3 is 2.57 bits per heavy atom. The molecule has 11 heteroatoms. The van der Waals surface area contributed by atoms with Gasteiger partial charge in [0, 0.05) is 25.7 Å². The number of carbonyl (C=O) groups is 2. The predicted molar refractivity (Wildman–Crippen MR) is 143 cm³/mol. The van der Waals surface area contributed by atoms with E-state index in [9.17, 15) is 18.4 Å². The van der Waals surface area contributed by atoms with Crippen molar-refractivity contribution in [3.05, 3.63) is 53.5 Å². The van der Waals surface area contributed by atoms with Crippen LogP contribution in [0.4, 0.5) is 14.6 Å². The molecular formula is C26H35F2N7O2. The number of hydrazine groups is 1. The molecule has 0 spiro atoms. The zero-order chi connectivity index (χ0) is 27.8. The molecule has 6 N–H and O–H groups in total. The van der Waals surface area contributed by atoms with Gasteiger partial charge in [-0.05, 0) is 43.9 Å². The van der Waals surface area contributed by atoms with Crippen LogP contribution in [0.2, 0.25) is 0 Å². The molecular weight excluding hydrogens is 480 g/mol. The molecule has 1 atom stereocenters. The standard InChI is InChI=1S/C21H24FN7O2.C4H8.CH3F/c1-2-13(10-22)11-26-20(28-24)16-9-15(12-25-19(16)23)14-5-7-29(8-6-14)21(31)17-3-4-18(30)27-17;1-3-4-2;1-2/h1,5,9-10,12,17H,3-4,6-8,11,24H2,(H2,23,25)(H,26,28)(H,27,30);3-4H,1-2H3;1H3/b13-10-;4-3-;. The highest BCUT2D eigenvalue weighted by Crippen LogP contribution is 2.25. The predicted octanol–water partition coefficient (Wildman–Crippen LogP) is 2.42. The van der Waals surface area contributed by atoms with Crippen LogP contribution in [0.15, 0.2) is 47.4 Å². The maximum Gasteiger partial charge on any atom is 0.245 e. The summed E-state index contributed by atoms with van der Waals surface area (Å²) in [5.74, 6) is 8.05. The first kappa shape index (κ1) is 31.0. The fraction of sp³-hybridized carbons (Fsp3) is 0.385. The molecule has 1 aromatic heterocycles. The minimum absolute atomic E-state index is 0.0636. The van der Waals surface area contributed by atoms with Crippen LogP contribution in [0, 0.1) is 12.3 Å². The molecule has 2 amide bonds. The first-order valence-corrected chi connectivity index (χ1v) is 11.6. The lowest BCUT2D eigenvalue weighted by Crippen LogP contribution is -2.45. The number of aliphatic imine (C=N–C) groups is 1. The van der Waals surface area contributed by atoms with Crippen molar-refractivity contribution in [2.24, 2.45) is 10.8 Å². The second-order valence-corrected chi connectivity index (χ2v) is 7.83. The number of allylic oxidation sites excluding steroid dienone is 2. The molecule has 0 radical (unpaired) electrons. The summed E-state index contributed by atoms with van der Waals surface area (Å²) < 4.78 is 22.2. The molecule has 0 bridgehead atoms. The number of pyridine rings is 1. The Hall–Kier alpha value is -4.04. The van der Waals surface area contributed by atoms with Crippen LogP contribution in [-0.2, 0) is 9.59 Å². The smallest absolute Gasteiger partial charge is 0.245 e. The van der Waals surface area contributed by atoms with Crippen LogP contribution in [0.1, 0.15) is 44.2 Å². The summed E-state index contributed by atoms with van der Waals surface area (Å²) >= 11 is 0. The number of hydrogen-bond acceptors (Lipinski definition) is 6. The van der Waals surface area contributed by atoms with E-state index in [-0.39, 0.29) is 35.6 Å². The Kier molecular flexibility index (Phi) is 13.9. The fourth-order valence-corrected chi connectivity index (χ4v) is 3.48. The van der Waals surface area contributed by atoms with Crippen molar-refractivity contribution in [2.45, 2.75) is 39.2 Å². The Balaban J connectivity index is 0.00000104. The SMILES string of the molecule is C#C/C(=C/F)CN=C(NN)c1cc(C2=CCN(C(=O)C3CCC(=O)N3)CC2)cnc1N.C/C=C\C.CF. The zero-order valence-electron chi connectivity index (χ0n) is 21.4. The van der Waals surface area contributed by atoms with Crippen LogP contribution >= 0.6 is 0 Å². The van der Waals surface area contributed by atoms with Crippen molar-refractivity contribution in [2.75, 3.05) is 32.5 Å². The topological polar surface area (TPSA) is 139 Å². The van der Waals surface area contributed by atoms with Crippen molar-refractivity contribution in [1.29, 1.82) is 0 Å². The molecule has 200 valence electrons. The van der Waals surface area contributed by atoms with Crippen LogP contribution in [0.25, 0.3) is 5.57 Å². The monoisotopic (exact) mass is 515 g/mol. The highest BCUT2D eigenvalue weighted by Gasteiger charge is 2.31. The highest BCUT2D eigenvalue weighted by molar-refractivity contribution is 6.02. The maximum absolute atomic E-state index is 12.7. The Bertz CT molecular complexity index is 1090. The van der Waals surface area contributed by atoms with Gasteiger partial charge in [0.25, 0.3) is 0 Å². The number of amidine groups is 1. The van der Waals surface area contributed by atoms with Crippen LogP contribution in [0.5, 0.6) is 0 Å². The number of terminal acetylenes is 1. The normalized spacial score (nSPS) is 17.5. The average molecular weight is 516 g/mol. The molecule has 0 aliphatic carbocycles. The Morgan fingerprint density at radius 2 is 2.08 bits per heavy atom. The maximum atomic E-state index is 12.7. The third kappa shape index (κ3) is 9.16. The van der Waals surface area contributed by atoms with Crippen molar-refractivity contribution < 1.29 is 18.4 Å². The quantitative estimate of drug-likeness (QED) is 0.119. The number of hydrogen-bond donors (Lipinski definition) is 4. The Labute approximate surface area is 216 Å². The summed E-state index contributed by atoms with van der Waals surface area (Å²) in [6, 6.07) is 1.35.